The fourth-order valence-corrected chi connectivity index (χ4v) is 3.56. The number of rotatable bonds is 3. The van der Waals surface area contributed by atoms with Crippen molar-refractivity contribution < 1.29 is 4.79 Å². The Morgan fingerprint density at radius 2 is 2.00 bits per heavy atom. The molecule has 0 spiro atoms. The summed E-state index contributed by atoms with van der Waals surface area (Å²) < 4.78 is 0. The van der Waals surface area contributed by atoms with Crippen molar-refractivity contribution in [3.05, 3.63) is 77.4 Å². The van der Waals surface area contributed by atoms with Gasteiger partial charge in [0, 0.05) is 53.2 Å². The number of nitrogens with one attached hydrogen (secondary N) is 3. The first-order chi connectivity index (χ1) is 13.3. The molecular weight excluding hydrogens is 336 g/mol. The lowest BCUT2D eigenvalue weighted by atomic mass is 10.1. The number of nitrogens with zero attached hydrogens (tertiary/aromatic N) is 1. The first kappa shape index (κ1) is 15.6. The number of carbonyl (C=O) groups excluding carboxylic acids is 1. The predicted octanol–water partition coefficient (Wildman–Crippen LogP) is 4.01. The third kappa shape index (κ3) is 2.83. The number of benzene rings is 1. The van der Waals surface area contributed by atoms with Crippen molar-refractivity contribution in [1.82, 2.24) is 20.3 Å². The van der Waals surface area contributed by atoms with Crippen molar-refractivity contribution in [2.75, 3.05) is 6.54 Å². The summed E-state index contributed by atoms with van der Waals surface area (Å²) in [6.07, 6.45) is 8.71. The molecule has 5 heteroatoms. The fourth-order valence-electron chi connectivity index (χ4n) is 3.56. The van der Waals surface area contributed by atoms with E-state index in [1.54, 1.807) is 6.20 Å². The van der Waals surface area contributed by atoms with Crippen LogP contribution in [0.5, 0.6) is 0 Å². The van der Waals surface area contributed by atoms with Gasteiger partial charge in [0.05, 0.1) is 11.3 Å². The molecule has 3 N–H and O–H groups in total. The summed E-state index contributed by atoms with van der Waals surface area (Å²) >= 11 is 0. The molecule has 0 saturated heterocycles. The zero-order valence-electron chi connectivity index (χ0n) is 14.6. The molecule has 0 bridgehead atoms. The van der Waals surface area contributed by atoms with E-state index in [1.165, 1.54) is 5.39 Å². The lowest BCUT2D eigenvalue weighted by Crippen LogP contribution is -2.31. The number of aromatic nitrogens is 3. The highest BCUT2D eigenvalue weighted by Crippen LogP contribution is 2.25. The van der Waals surface area contributed by atoms with E-state index in [0.717, 1.165) is 45.7 Å². The number of pyridine rings is 1. The van der Waals surface area contributed by atoms with E-state index in [2.05, 4.69) is 38.5 Å². The van der Waals surface area contributed by atoms with Crippen molar-refractivity contribution >= 4 is 29.0 Å². The summed E-state index contributed by atoms with van der Waals surface area (Å²) in [5.74, 6) is -0.00717. The van der Waals surface area contributed by atoms with E-state index in [9.17, 15) is 4.79 Å². The Bertz CT molecular complexity index is 1180. The third-order valence-electron chi connectivity index (χ3n) is 4.95. The number of hydrogen-bond donors (Lipinski definition) is 3. The van der Waals surface area contributed by atoms with Crippen molar-refractivity contribution in [2.24, 2.45) is 0 Å². The Kier molecular flexibility index (Phi) is 3.64. The number of aromatic amines is 2. The third-order valence-corrected chi connectivity index (χ3v) is 4.95. The zero-order chi connectivity index (χ0) is 18.2. The van der Waals surface area contributed by atoms with Gasteiger partial charge in [-0.3, -0.25) is 9.78 Å². The summed E-state index contributed by atoms with van der Waals surface area (Å²) in [6, 6.07) is 14.1. The summed E-state index contributed by atoms with van der Waals surface area (Å²) in [5.41, 5.74) is 6.83. The molecule has 132 valence electrons. The lowest BCUT2D eigenvalue weighted by Gasteiger charge is -2.10. The van der Waals surface area contributed by atoms with Crippen LogP contribution < -0.4 is 5.32 Å². The number of hydrogen-bond acceptors (Lipinski definition) is 2. The van der Waals surface area contributed by atoms with Gasteiger partial charge in [-0.25, -0.2) is 0 Å². The van der Waals surface area contributed by atoms with Gasteiger partial charge >= 0.3 is 0 Å². The van der Waals surface area contributed by atoms with Crippen molar-refractivity contribution in [2.45, 2.75) is 6.42 Å². The van der Waals surface area contributed by atoms with Crippen LogP contribution >= 0.6 is 0 Å². The molecule has 1 aliphatic rings. The SMILES string of the molecule is O=C1NCCc2[nH]c(-c3ccnc(C=Cc4c[nH]c5ccccc45)c3)cc21. The second-order valence-corrected chi connectivity index (χ2v) is 6.67. The van der Waals surface area contributed by atoms with E-state index in [0.29, 0.717) is 6.54 Å². The van der Waals surface area contributed by atoms with E-state index in [1.807, 2.05) is 42.6 Å². The van der Waals surface area contributed by atoms with Gasteiger partial charge in [0.1, 0.15) is 0 Å². The molecule has 0 saturated carbocycles. The minimum absolute atomic E-state index is 0.00717. The lowest BCUT2D eigenvalue weighted by molar-refractivity contribution is 0.0946. The average Bonchev–Trinajstić information content (AvgIpc) is 3.32. The van der Waals surface area contributed by atoms with Crippen LogP contribution in [0, 0.1) is 0 Å². The minimum Gasteiger partial charge on any atom is -0.361 e. The minimum atomic E-state index is -0.00717. The smallest absolute Gasteiger partial charge is 0.253 e. The monoisotopic (exact) mass is 354 g/mol. The van der Waals surface area contributed by atoms with Crippen LogP contribution in [0.2, 0.25) is 0 Å². The first-order valence-electron chi connectivity index (χ1n) is 8.99. The molecule has 27 heavy (non-hydrogen) atoms. The molecule has 1 aliphatic heterocycles. The fraction of sp³-hybridized carbons (Fsp3) is 0.0909. The first-order valence-corrected chi connectivity index (χ1v) is 8.99. The van der Waals surface area contributed by atoms with Gasteiger partial charge in [-0.15, -0.1) is 0 Å². The van der Waals surface area contributed by atoms with E-state index in [4.69, 9.17) is 0 Å². The number of fused-ring (bicyclic) bond motifs is 2. The number of amides is 1. The molecule has 0 unspecified atom stereocenters. The second-order valence-electron chi connectivity index (χ2n) is 6.67. The second kappa shape index (κ2) is 6.29. The molecule has 5 nitrogen and oxygen atoms in total. The van der Waals surface area contributed by atoms with Crippen molar-refractivity contribution in [3.63, 3.8) is 0 Å². The van der Waals surface area contributed by atoms with Crippen LogP contribution in [0.25, 0.3) is 34.3 Å². The summed E-state index contributed by atoms with van der Waals surface area (Å²) in [6.45, 7) is 0.681. The Labute approximate surface area is 156 Å². The van der Waals surface area contributed by atoms with Crippen LogP contribution in [0.3, 0.4) is 0 Å². The van der Waals surface area contributed by atoms with Gasteiger partial charge < -0.3 is 15.3 Å². The van der Waals surface area contributed by atoms with Crippen LogP contribution in [0.1, 0.15) is 27.3 Å². The number of H-pyrrole nitrogens is 2. The Balaban J connectivity index is 1.46. The molecular formula is C22H18N4O. The normalized spacial score (nSPS) is 13.9. The van der Waals surface area contributed by atoms with Crippen LogP contribution in [0.15, 0.2) is 54.9 Å². The zero-order valence-corrected chi connectivity index (χ0v) is 14.6. The van der Waals surface area contributed by atoms with E-state index in [-0.39, 0.29) is 5.91 Å². The highest BCUT2D eigenvalue weighted by atomic mass is 16.1. The van der Waals surface area contributed by atoms with Gasteiger partial charge in [0.15, 0.2) is 0 Å². The Hall–Kier alpha value is -3.60. The van der Waals surface area contributed by atoms with Gasteiger partial charge in [0.2, 0.25) is 0 Å². The molecule has 0 radical (unpaired) electrons. The topological polar surface area (TPSA) is 73.6 Å². The Morgan fingerprint density at radius 3 is 2.93 bits per heavy atom. The maximum Gasteiger partial charge on any atom is 0.253 e. The van der Waals surface area contributed by atoms with E-state index < -0.39 is 0 Å². The molecule has 4 aromatic rings. The summed E-state index contributed by atoms with van der Waals surface area (Å²) in [4.78, 5) is 23.1. The maximum atomic E-state index is 12.0. The predicted molar refractivity (Wildman–Crippen MR) is 107 cm³/mol. The highest BCUT2D eigenvalue weighted by molar-refractivity contribution is 5.98. The van der Waals surface area contributed by atoms with Crippen molar-refractivity contribution in [1.29, 1.82) is 0 Å². The molecule has 0 aliphatic carbocycles. The molecule has 4 heterocycles. The van der Waals surface area contributed by atoms with Crippen LogP contribution in [0.4, 0.5) is 0 Å². The standard InChI is InChI=1S/C22H18N4O/c27-22-18-12-21(26-20(18)8-10-24-22)14-7-9-23-16(11-14)6-5-15-13-25-19-4-2-1-3-17(15)19/h1-7,9,11-13,25-26H,8,10H2,(H,24,27). The van der Waals surface area contributed by atoms with Crippen LogP contribution in [-0.4, -0.2) is 27.4 Å². The number of carbonyl (C=O) groups is 1. The van der Waals surface area contributed by atoms with Gasteiger partial charge in [0.25, 0.3) is 5.91 Å². The molecule has 0 atom stereocenters. The molecule has 1 aromatic carbocycles. The van der Waals surface area contributed by atoms with Gasteiger partial charge in [-0.05, 0) is 35.9 Å². The molecule has 5 rings (SSSR count). The quantitative estimate of drug-likeness (QED) is 0.520. The van der Waals surface area contributed by atoms with Crippen LogP contribution in [-0.2, 0) is 6.42 Å². The summed E-state index contributed by atoms with van der Waals surface area (Å²) in [7, 11) is 0. The van der Waals surface area contributed by atoms with Gasteiger partial charge in [-0.2, -0.15) is 0 Å². The molecule has 0 fully saturated rings. The maximum absolute atomic E-state index is 12.0. The Morgan fingerprint density at radius 1 is 1.07 bits per heavy atom. The van der Waals surface area contributed by atoms with Gasteiger partial charge in [-0.1, -0.05) is 24.3 Å². The summed E-state index contributed by atoms with van der Waals surface area (Å²) in [5, 5.41) is 4.07. The largest absolute Gasteiger partial charge is 0.361 e. The number of para-hydroxylation sites is 1. The average molecular weight is 354 g/mol. The highest BCUT2D eigenvalue weighted by Gasteiger charge is 2.19. The molecule has 3 aromatic heterocycles. The molecule has 1 amide bonds. The van der Waals surface area contributed by atoms with Crippen molar-refractivity contribution in [3.8, 4) is 11.3 Å². The van der Waals surface area contributed by atoms with E-state index >= 15 is 0 Å².